The topological polar surface area (TPSA) is 46.2 Å². The summed E-state index contributed by atoms with van der Waals surface area (Å²) >= 11 is 5.10. The maximum atomic E-state index is 11.0. The predicted octanol–water partition coefficient (Wildman–Crippen LogP) is 2.70. The van der Waals surface area contributed by atoms with E-state index in [-0.39, 0.29) is 5.75 Å². The Morgan fingerprint density at radius 1 is 1.39 bits per heavy atom. The molecule has 0 radical (unpaired) electrons. The van der Waals surface area contributed by atoms with Gasteiger partial charge in [-0.15, -0.1) is 11.8 Å². The summed E-state index contributed by atoms with van der Waals surface area (Å²) in [5.74, 6) is 0.812. The zero-order valence-corrected chi connectivity index (χ0v) is 13.8. The highest BCUT2D eigenvalue weighted by molar-refractivity contribution is 9.10. The number of nitrogens with one attached hydrogen (secondary N) is 1. The van der Waals surface area contributed by atoms with Crippen LogP contribution in [0.1, 0.15) is 12.5 Å². The molecule has 0 bridgehead atoms. The van der Waals surface area contributed by atoms with Crippen molar-refractivity contribution in [3.63, 3.8) is 0 Å². The van der Waals surface area contributed by atoms with E-state index in [1.807, 2.05) is 12.1 Å². The minimum absolute atomic E-state index is 0.217. The third-order valence-electron chi connectivity index (χ3n) is 2.31. The molecule has 1 aromatic carbocycles. The van der Waals surface area contributed by atoms with Crippen LogP contribution in [0, 0.1) is 0 Å². The average Bonchev–Trinajstić information content (AvgIpc) is 2.26. The fourth-order valence-corrected chi connectivity index (χ4v) is 4.15. The van der Waals surface area contributed by atoms with E-state index in [1.165, 1.54) is 11.8 Å². The molecule has 0 saturated carbocycles. The fourth-order valence-electron chi connectivity index (χ4n) is 1.33. The first-order chi connectivity index (χ1) is 8.42. The van der Waals surface area contributed by atoms with Crippen molar-refractivity contribution in [2.45, 2.75) is 18.4 Å². The van der Waals surface area contributed by atoms with Crippen LogP contribution in [0.15, 0.2) is 27.6 Å². The van der Waals surface area contributed by atoms with Gasteiger partial charge in [-0.3, -0.25) is 0 Å². The maximum absolute atomic E-state index is 11.0. The third-order valence-corrected chi connectivity index (χ3v) is 5.25. The van der Waals surface area contributed by atoms with Crippen molar-refractivity contribution in [1.82, 2.24) is 5.32 Å². The highest BCUT2D eigenvalue weighted by atomic mass is 79.9. The summed E-state index contributed by atoms with van der Waals surface area (Å²) in [6.07, 6.45) is 1.27. The van der Waals surface area contributed by atoms with Gasteiger partial charge in [0.2, 0.25) is 0 Å². The van der Waals surface area contributed by atoms with Crippen molar-refractivity contribution < 1.29 is 8.42 Å². The standard InChI is InChI=1S/C12H18BrNO2S2/c1-3-14-9-10-4-5-11(8-12(10)13)17-6-7-18(2,15)16/h4-5,8,14H,3,6-7,9H2,1-2H3. The van der Waals surface area contributed by atoms with Gasteiger partial charge in [-0.05, 0) is 24.2 Å². The lowest BCUT2D eigenvalue weighted by Gasteiger charge is -2.07. The Hall–Kier alpha value is -0.0400. The van der Waals surface area contributed by atoms with Crippen LogP contribution in [0.2, 0.25) is 0 Å². The van der Waals surface area contributed by atoms with E-state index in [9.17, 15) is 8.42 Å². The minimum atomic E-state index is -2.87. The molecule has 1 aromatic rings. The van der Waals surface area contributed by atoms with Gasteiger partial charge in [-0.25, -0.2) is 8.42 Å². The molecule has 0 spiro atoms. The summed E-state index contributed by atoms with van der Waals surface area (Å²) in [5, 5.41) is 3.27. The zero-order chi connectivity index (χ0) is 13.6. The van der Waals surface area contributed by atoms with Crippen LogP contribution in [0.25, 0.3) is 0 Å². The van der Waals surface area contributed by atoms with Crippen LogP contribution in [0.5, 0.6) is 0 Å². The fraction of sp³-hybridized carbons (Fsp3) is 0.500. The van der Waals surface area contributed by atoms with Crippen molar-refractivity contribution in [3.05, 3.63) is 28.2 Å². The first-order valence-electron chi connectivity index (χ1n) is 5.72. The number of halogens is 1. The molecule has 0 aromatic heterocycles. The molecule has 1 rings (SSSR count). The van der Waals surface area contributed by atoms with E-state index >= 15 is 0 Å². The second kappa shape index (κ2) is 7.53. The summed E-state index contributed by atoms with van der Waals surface area (Å²) in [6, 6.07) is 6.14. The molecule has 0 amide bonds. The molecule has 102 valence electrons. The lowest BCUT2D eigenvalue weighted by molar-refractivity contribution is 0.603. The molecule has 6 heteroatoms. The van der Waals surface area contributed by atoms with E-state index in [0.717, 1.165) is 22.5 Å². The van der Waals surface area contributed by atoms with E-state index in [1.54, 1.807) is 11.8 Å². The van der Waals surface area contributed by atoms with Crippen LogP contribution < -0.4 is 5.32 Å². The Kier molecular flexibility index (Phi) is 6.70. The van der Waals surface area contributed by atoms with Crippen molar-refractivity contribution in [2.75, 3.05) is 24.3 Å². The molecule has 0 aliphatic heterocycles. The Morgan fingerprint density at radius 3 is 2.67 bits per heavy atom. The number of hydrogen-bond acceptors (Lipinski definition) is 4. The Morgan fingerprint density at radius 2 is 2.11 bits per heavy atom. The summed E-state index contributed by atoms with van der Waals surface area (Å²) < 4.78 is 23.1. The van der Waals surface area contributed by atoms with E-state index < -0.39 is 9.84 Å². The molecule has 1 N–H and O–H groups in total. The number of thioether (sulfide) groups is 1. The summed E-state index contributed by atoms with van der Waals surface area (Å²) in [4.78, 5) is 1.09. The van der Waals surface area contributed by atoms with Gasteiger partial charge in [0.25, 0.3) is 0 Å². The molecule has 0 saturated heterocycles. The molecule has 0 aliphatic rings. The lowest BCUT2D eigenvalue weighted by atomic mass is 10.2. The number of hydrogen-bond donors (Lipinski definition) is 1. The molecule has 0 fully saturated rings. The van der Waals surface area contributed by atoms with E-state index in [0.29, 0.717) is 5.75 Å². The molecule has 3 nitrogen and oxygen atoms in total. The first-order valence-corrected chi connectivity index (χ1v) is 9.56. The Labute approximate surface area is 122 Å². The second-order valence-electron chi connectivity index (χ2n) is 4.01. The van der Waals surface area contributed by atoms with Gasteiger partial charge in [0, 0.05) is 27.9 Å². The maximum Gasteiger partial charge on any atom is 0.148 e. The van der Waals surface area contributed by atoms with Gasteiger partial charge in [0.15, 0.2) is 0 Å². The predicted molar refractivity (Wildman–Crippen MR) is 82.0 cm³/mol. The lowest BCUT2D eigenvalue weighted by Crippen LogP contribution is -2.12. The van der Waals surface area contributed by atoms with Gasteiger partial charge in [0.05, 0.1) is 5.75 Å². The van der Waals surface area contributed by atoms with Gasteiger partial charge in [0.1, 0.15) is 9.84 Å². The number of sulfone groups is 1. The van der Waals surface area contributed by atoms with Crippen molar-refractivity contribution in [3.8, 4) is 0 Å². The first kappa shape index (κ1) is 16.0. The van der Waals surface area contributed by atoms with Crippen molar-refractivity contribution >= 4 is 37.5 Å². The molecule has 0 atom stereocenters. The van der Waals surface area contributed by atoms with Crippen LogP contribution in [0.4, 0.5) is 0 Å². The molecular weight excluding hydrogens is 334 g/mol. The smallest absolute Gasteiger partial charge is 0.148 e. The summed E-state index contributed by atoms with van der Waals surface area (Å²) in [6.45, 7) is 3.85. The quantitative estimate of drug-likeness (QED) is 0.767. The SMILES string of the molecule is CCNCc1ccc(SCCS(C)(=O)=O)cc1Br. The Bertz CT molecular complexity index is 489. The largest absolute Gasteiger partial charge is 0.313 e. The van der Waals surface area contributed by atoms with Crippen LogP contribution in [-0.2, 0) is 16.4 Å². The van der Waals surface area contributed by atoms with Gasteiger partial charge >= 0.3 is 0 Å². The number of benzene rings is 1. The monoisotopic (exact) mass is 351 g/mol. The van der Waals surface area contributed by atoms with E-state index in [4.69, 9.17) is 0 Å². The van der Waals surface area contributed by atoms with Gasteiger partial charge in [-0.1, -0.05) is 28.9 Å². The van der Waals surface area contributed by atoms with Crippen LogP contribution >= 0.6 is 27.7 Å². The highest BCUT2D eigenvalue weighted by Gasteiger charge is 2.05. The van der Waals surface area contributed by atoms with E-state index in [2.05, 4.69) is 34.2 Å². The highest BCUT2D eigenvalue weighted by Crippen LogP contribution is 2.25. The van der Waals surface area contributed by atoms with Crippen LogP contribution in [-0.4, -0.2) is 32.7 Å². The summed E-state index contributed by atoms with van der Waals surface area (Å²) in [7, 11) is -2.87. The number of rotatable bonds is 7. The molecular formula is C12H18BrNO2S2. The molecule has 0 unspecified atom stereocenters. The molecule has 0 aliphatic carbocycles. The Balaban J connectivity index is 2.56. The van der Waals surface area contributed by atoms with Gasteiger partial charge < -0.3 is 5.32 Å². The van der Waals surface area contributed by atoms with Crippen molar-refractivity contribution in [1.29, 1.82) is 0 Å². The molecule has 18 heavy (non-hydrogen) atoms. The zero-order valence-electron chi connectivity index (χ0n) is 10.6. The van der Waals surface area contributed by atoms with Gasteiger partial charge in [-0.2, -0.15) is 0 Å². The average molecular weight is 352 g/mol. The molecule has 0 heterocycles. The van der Waals surface area contributed by atoms with Crippen LogP contribution in [0.3, 0.4) is 0 Å². The normalized spacial score (nSPS) is 11.7. The minimum Gasteiger partial charge on any atom is -0.313 e. The second-order valence-corrected chi connectivity index (χ2v) is 8.29. The summed E-state index contributed by atoms with van der Waals surface area (Å²) in [5.41, 5.74) is 1.21. The van der Waals surface area contributed by atoms with Crippen molar-refractivity contribution in [2.24, 2.45) is 0 Å². The third kappa shape index (κ3) is 6.22.